The largest absolute Gasteiger partial charge is 0.288 e. The lowest BCUT2D eigenvalue weighted by Crippen LogP contribution is -2.07. The van der Waals surface area contributed by atoms with Crippen molar-refractivity contribution in [1.82, 2.24) is 9.97 Å². The second-order valence-electron chi connectivity index (χ2n) is 6.98. The van der Waals surface area contributed by atoms with Gasteiger partial charge in [-0.25, -0.2) is 8.78 Å². The molecule has 0 saturated carbocycles. The van der Waals surface area contributed by atoms with E-state index in [2.05, 4.69) is 9.97 Å². The van der Waals surface area contributed by atoms with Crippen LogP contribution in [0.3, 0.4) is 0 Å². The van der Waals surface area contributed by atoms with E-state index in [9.17, 15) is 13.6 Å². The van der Waals surface area contributed by atoms with Crippen LogP contribution in [-0.2, 0) is 0 Å². The standard InChI is InChI=1S/C27H18F2N2O/c28-21-7-1-5-19(17-21)11-13-25-23(9-3-15-30-25)27(32)24-10-4-16-31-26(24)14-12-20-6-2-8-22(29)18-20/h1-18H. The number of carbonyl (C=O) groups excluding carboxylic acids is 1. The van der Waals surface area contributed by atoms with E-state index in [0.717, 1.165) is 0 Å². The number of ketones is 1. The van der Waals surface area contributed by atoms with Gasteiger partial charge >= 0.3 is 0 Å². The summed E-state index contributed by atoms with van der Waals surface area (Å²) in [6.45, 7) is 0. The first kappa shape index (κ1) is 21.0. The second kappa shape index (κ2) is 9.71. The molecule has 0 atom stereocenters. The van der Waals surface area contributed by atoms with Crippen molar-refractivity contribution in [2.75, 3.05) is 0 Å². The lowest BCUT2D eigenvalue weighted by Gasteiger charge is -2.07. The zero-order chi connectivity index (χ0) is 22.3. The highest BCUT2D eigenvalue weighted by molar-refractivity contribution is 6.12. The Hall–Kier alpha value is -4.25. The minimum Gasteiger partial charge on any atom is -0.288 e. The van der Waals surface area contributed by atoms with Crippen LogP contribution >= 0.6 is 0 Å². The Labute approximate surface area is 184 Å². The molecule has 32 heavy (non-hydrogen) atoms. The minimum atomic E-state index is -0.338. The molecule has 4 aromatic rings. The zero-order valence-electron chi connectivity index (χ0n) is 17.0. The topological polar surface area (TPSA) is 42.9 Å². The molecule has 0 aliphatic heterocycles. The first-order chi connectivity index (χ1) is 15.6. The summed E-state index contributed by atoms with van der Waals surface area (Å²) in [5.74, 6) is -0.923. The monoisotopic (exact) mass is 424 g/mol. The molecule has 0 aliphatic carbocycles. The summed E-state index contributed by atoms with van der Waals surface area (Å²) in [5, 5.41) is 0. The SMILES string of the molecule is O=C(c1cccnc1C=Cc1cccc(F)c1)c1cccnc1C=Cc1cccc(F)c1. The first-order valence-electron chi connectivity index (χ1n) is 9.92. The minimum absolute atomic E-state index is 0.246. The van der Waals surface area contributed by atoms with Gasteiger partial charge in [0.2, 0.25) is 0 Å². The lowest BCUT2D eigenvalue weighted by molar-refractivity contribution is 0.103. The quantitative estimate of drug-likeness (QED) is 0.340. The van der Waals surface area contributed by atoms with Crippen molar-refractivity contribution >= 4 is 30.1 Å². The smallest absolute Gasteiger partial charge is 0.197 e. The fourth-order valence-corrected chi connectivity index (χ4v) is 3.20. The van der Waals surface area contributed by atoms with E-state index in [4.69, 9.17) is 0 Å². The van der Waals surface area contributed by atoms with Crippen molar-refractivity contribution in [2.45, 2.75) is 0 Å². The average Bonchev–Trinajstić information content (AvgIpc) is 2.81. The fourth-order valence-electron chi connectivity index (χ4n) is 3.20. The van der Waals surface area contributed by atoms with E-state index in [1.54, 1.807) is 85.2 Å². The van der Waals surface area contributed by atoms with Crippen molar-refractivity contribution < 1.29 is 13.6 Å². The molecule has 0 amide bonds. The van der Waals surface area contributed by atoms with Gasteiger partial charge in [0.15, 0.2) is 5.78 Å². The van der Waals surface area contributed by atoms with E-state index in [-0.39, 0.29) is 17.4 Å². The Kier molecular flexibility index (Phi) is 6.37. The van der Waals surface area contributed by atoms with Gasteiger partial charge in [-0.3, -0.25) is 14.8 Å². The summed E-state index contributed by atoms with van der Waals surface area (Å²) in [5.41, 5.74) is 3.04. The maximum atomic E-state index is 13.4. The number of nitrogens with zero attached hydrogens (tertiary/aromatic N) is 2. The summed E-state index contributed by atoms with van der Waals surface area (Å²) < 4.78 is 26.9. The third-order valence-corrected chi connectivity index (χ3v) is 4.73. The van der Waals surface area contributed by atoms with Crippen molar-refractivity contribution in [1.29, 1.82) is 0 Å². The van der Waals surface area contributed by atoms with Crippen LogP contribution in [0.2, 0.25) is 0 Å². The molecule has 0 saturated heterocycles. The van der Waals surface area contributed by atoms with E-state index < -0.39 is 0 Å². The summed E-state index contributed by atoms with van der Waals surface area (Å²) >= 11 is 0. The third kappa shape index (κ3) is 5.08. The molecule has 156 valence electrons. The Balaban J connectivity index is 1.66. The highest BCUT2D eigenvalue weighted by Gasteiger charge is 2.16. The molecule has 4 rings (SSSR count). The van der Waals surface area contributed by atoms with Gasteiger partial charge in [-0.1, -0.05) is 36.4 Å². The van der Waals surface area contributed by atoms with E-state index in [0.29, 0.717) is 33.6 Å². The van der Waals surface area contributed by atoms with Crippen LogP contribution in [-0.4, -0.2) is 15.8 Å². The van der Waals surface area contributed by atoms with Crippen LogP contribution in [0.1, 0.15) is 38.4 Å². The molecule has 0 radical (unpaired) electrons. The Morgan fingerprint density at radius 1 is 0.625 bits per heavy atom. The van der Waals surface area contributed by atoms with Crippen molar-refractivity contribution in [2.24, 2.45) is 0 Å². The van der Waals surface area contributed by atoms with E-state index >= 15 is 0 Å². The molecule has 3 nitrogen and oxygen atoms in total. The first-order valence-corrected chi connectivity index (χ1v) is 9.92. The highest BCUT2D eigenvalue weighted by atomic mass is 19.1. The molecule has 0 bridgehead atoms. The van der Waals surface area contributed by atoms with E-state index in [1.165, 1.54) is 24.3 Å². The number of rotatable bonds is 6. The average molecular weight is 424 g/mol. The molecule has 0 spiro atoms. The van der Waals surface area contributed by atoms with Crippen molar-refractivity contribution in [3.05, 3.63) is 130 Å². The molecule has 0 N–H and O–H groups in total. The number of hydrogen-bond acceptors (Lipinski definition) is 3. The van der Waals surface area contributed by atoms with E-state index in [1.807, 2.05) is 0 Å². The summed E-state index contributed by atoms with van der Waals surface area (Å²) in [4.78, 5) is 22.0. The molecular weight excluding hydrogens is 406 g/mol. The number of pyridine rings is 2. The number of benzene rings is 2. The molecule has 0 fully saturated rings. The van der Waals surface area contributed by atoms with Crippen LogP contribution in [0.5, 0.6) is 0 Å². The second-order valence-corrected chi connectivity index (χ2v) is 6.98. The predicted molar refractivity (Wildman–Crippen MR) is 123 cm³/mol. The number of aromatic nitrogens is 2. The highest BCUT2D eigenvalue weighted by Crippen LogP contribution is 2.19. The lowest BCUT2D eigenvalue weighted by atomic mass is 9.99. The molecule has 2 aromatic heterocycles. The molecule has 0 unspecified atom stereocenters. The van der Waals surface area contributed by atoms with Crippen LogP contribution in [0.25, 0.3) is 24.3 Å². The normalized spacial score (nSPS) is 11.3. The Bertz CT molecular complexity index is 1230. The molecule has 2 heterocycles. The maximum Gasteiger partial charge on any atom is 0.197 e. The van der Waals surface area contributed by atoms with Crippen LogP contribution < -0.4 is 0 Å². The predicted octanol–water partition coefficient (Wildman–Crippen LogP) is 6.33. The van der Waals surface area contributed by atoms with Gasteiger partial charge in [-0.05, 0) is 71.8 Å². The molecule has 5 heteroatoms. The number of hydrogen-bond donors (Lipinski definition) is 0. The van der Waals surface area contributed by atoms with Gasteiger partial charge in [0.05, 0.1) is 11.4 Å². The Morgan fingerprint density at radius 2 is 1.09 bits per heavy atom. The van der Waals surface area contributed by atoms with Crippen LogP contribution in [0.15, 0.2) is 85.2 Å². The summed E-state index contributed by atoms with van der Waals surface area (Å²) in [7, 11) is 0. The number of carbonyl (C=O) groups is 1. The van der Waals surface area contributed by atoms with Crippen molar-refractivity contribution in [3.63, 3.8) is 0 Å². The summed E-state index contributed by atoms with van der Waals surface area (Å²) in [6.07, 6.45) is 9.96. The zero-order valence-corrected chi connectivity index (χ0v) is 17.0. The van der Waals surface area contributed by atoms with Crippen LogP contribution in [0.4, 0.5) is 8.78 Å². The van der Waals surface area contributed by atoms with Gasteiger partial charge in [-0.15, -0.1) is 0 Å². The Morgan fingerprint density at radius 3 is 1.53 bits per heavy atom. The molecular formula is C27H18F2N2O. The van der Waals surface area contributed by atoms with Gasteiger partial charge in [0.25, 0.3) is 0 Å². The third-order valence-electron chi connectivity index (χ3n) is 4.73. The fraction of sp³-hybridized carbons (Fsp3) is 0. The number of halogens is 2. The van der Waals surface area contributed by atoms with Gasteiger partial charge in [0.1, 0.15) is 11.6 Å². The molecule has 2 aromatic carbocycles. The van der Waals surface area contributed by atoms with Gasteiger partial charge in [0, 0.05) is 23.5 Å². The van der Waals surface area contributed by atoms with Gasteiger partial charge in [-0.2, -0.15) is 0 Å². The summed E-state index contributed by atoms with van der Waals surface area (Å²) in [6, 6.07) is 19.1. The van der Waals surface area contributed by atoms with Gasteiger partial charge < -0.3 is 0 Å². The van der Waals surface area contributed by atoms with Crippen LogP contribution in [0, 0.1) is 11.6 Å². The van der Waals surface area contributed by atoms with Crippen molar-refractivity contribution in [3.8, 4) is 0 Å². The molecule has 0 aliphatic rings. The maximum absolute atomic E-state index is 13.4.